The minimum atomic E-state index is -1.18. The summed E-state index contributed by atoms with van der Waals surface area (Å²) in [6.07, 6.45) is 0. The number of benzene rings is 1. The Morgan fingerprint density at radius 1 is 1.32 bits per heavy atom. The Morgan fingerprint density at radius 2 is 1.96 bits per heavy atom. The average Bonchev–Trinajstić information content (AvgIpc) is 2.89. The van der Waals surface area contributed by atoms with Crippen LogP contribution in [0.15, 0.2) is 36.4 Å². The molecule has 0 aliphatic heterocycles. The van der Waals surface area contributed by atoms with Crippen molar-refractivity contribution in [2.24, 2.45) is 0 Å². The molecule has 0 saturated heterocycles. The van der Waals surface area contributed by atoms with E-state index in [4.69, 9.17) is 4.74 Å². The lowest BCUT2D eigenvalue weighted by molar-refractivity contribution is -0.139. The first kappa shape index (κ1) is 18.3. The van der Waals surface area contributed by atoms with Gasteiger partial charge >= 0.3 is 5.97 Å². The van der Waals surface area contributed by atoms with E-state index >= 15 is 0 Å². The average molecular weight is 343 g/mol. The largest absolute Gasteiger partial charge is 0.489 e. The fourth-order valence-corrected chi connectivity index (χ4v) is 2.37. The van der Waals surface area contributed by atoms with E-state index in [1.165, 1.54) is 0 Å². The summed E-state index contributed by atoms with van der Waals surface area (Å²) in [5.41, 5.74) is 2.83. The van der Waals surface area contributed by atoms with Crippen LogP contribution in [0.1, 0.15) is 40.3 Å². The highest BCUT2D eigenvalue weighted by Crippen LogP contribution is 2.21. The second kappa shape index (κ2) is 7.65. The molecule has 1 amide bonds. The Balaban J connectivity index is 2.14. The van der Waals surface area contributed by atoms with Crippen molar-refractivity contribution >= 4 is 11.9 Å². The van der Waals surface area contributed by atoms with Crippen LogP contribution in [0.3, 0.4) is 0 Å². The fraction of sp³-hybridized carbons (Fsp3) is 0.278. The molecule has 0 bridgehead atoms. The van der Waals surface area contributed by atoms with Gasteiger partial charge in [0.1, 0.15) is 12.4 Å². The number of hydrogen-bond donors (Lipinski definition) is 3. The molecule has 7 nitrogen and oxygen atoms in total. The third-order valence-electron chi connectivity index (χ3n) is 3.60. The standard InChI is InChI=1S/C18H21N3O4/c1-10(2)9-25-14-7-5-13(6-8-14)17(22)19-16(18(23)24)15-11(3)20-21-12(15)4/h5-8,16H,1,9H2,2-4H3,(H,19,22)(H,20,21)(H,23,24)/t16-/m1/s1. The highest BCUT2D eigenvalue weighted by atomic mass is 16.5. The first-order valence-electron chi connectivity index (χ1n) is 7.72. The van der Waals surface area contributed by atoms with Gasteiger partial charge in [-0.15, -0.1) is 0 Å². The van der Waals surface area contributed by atoms with E-state index < -0.39 is 17.9 Å². The number of rotatable bonds is 7. The molecule has 2 aromatic rings. The Labute approximate surface area is 145 Å². The van der Waals surface area contributed by atoms with Crippen LogP contribution >= 0.6 is 0 Å². The molecule has 0 aliphatic rings. The van der Waals surface area contributed by atoms with Crippen molar-refractivity contribution in [1.29, 1.82) is 0 Å². The number of nitrogens with zero attached hydrogens (tertiary/aromatic N) is 1. The number of aliphatic carboxylic acids is 1. The number of carboxylic acid groups (broad SMARTS) is 1. The van der Waals surface area contributed by atoms with Gasteiger partial charge in [0.25, 0.3) is 5.91 Å². The first-order valence-corrected chi connectivity index (χ1v) is 7.72. The van der Waals surface area contributed by atoms with Crippen molar-refractivity contribution in [3.05, 3.63) is 58.9 Å². The SMILES string of the molecule is C=C(C)COc1ccc(C(=O)N[C@@H](C(=O)O)c2c(C)n[nH]c2C)cc1. The molecule has 25 heavy (non-hydrogen) atoms. The quantitative estimate of drug-likeness (QED) is 0.670. The topological polar surface area (TPSA) is 104 Å². The van der Waals surface area contributed by atoms with Crippen LogP contribution in [0.25, 0.3) is 0 Å². The molecule has 0 radical (unpaired) electrons. The van der Waals surface area contributed by atoms with Crippen LogP contribution in [0, 0.1) is 13.8 Å². The number of carbonyl (C=O) groups excluding carboxylic acids is 1. The van der Waals surface area contributed by atoms with Crippen LogP contribution in [-0.2, 0) is 4.79 Å². The minimum absolute atomic E-state index is 0.340. The molecular formula is C18H21N3O4. The molecule has 0 unspecified atom stereocenters. The zero-order valence-electron chi connectivity index (χ0n) is 14.4. The fourth-order valence-electron chi connectivity index (χ4n) is 2.37. The summed E-state index contributed by atoms with van der Waals surface area (Å²) >= 11 is 0. The molecule has 1 atom stereocenters. The van der Waals surface area contributed by atoms with Crippen molar-refractivity contribution in [3.63, 3.8) is 0 Å². The number of aryl methyl sites for hydroxylation is 2. The smallest absolute Gasteiger partial charge is 0.331 e. The number of aromatic nitrogens is 2. The molecule has 0 spiro atoms. The second-order valence-corrected chi connectivity index (χ2v) is 5.86. The number of amides is 1. The van der Waals surface area contributed by atoms with Gasteiger partial charge in [-0.25, -0.2) is 4.79 Å². The van der Waals surface area contributed by atoms with Gasteiger partial charge in [0, 0.05) is 16.8 Å². The Bertz CT molecular complexity index is 774. The molecule has 2 rings (SSSR count). The van der Waals surface area contributed by atoms with Gasteiger partial charge in [0.2, 0.25) is 0 Å². The number of nitrogens with one attached hydrogen (secondary N) is 2. The van der Waals surface area contributed by atoms with Crippen LogP contribution in [0.5, 0.6) is 5.75 Å². The van der Waals surface area contributed by atoms with Crippen LogP contribution in [-0.4, -0.2) is 33.8 Å². The lowest BCUT2D eigenvalue weighted by Crippen LogP contribution is -2.34. The number of ether oxygens (including phenoxy) is 1. The van der Waals surface area contributed by atoms with E-state index in [1.807, 2.05) is 6.92 Å². The summed E-state index contributed by atoms with van der Waals surface area (Å²) in [4.78, 5) is 24.0. The maximum absolute atomic E-state index is 12.4. The highest BCUT2D eigenvalue weighted by Gasteiger charge is 2.27. The Hall–Kier alpha value is -3.09. The number of hydrogen-bond acceptors (Lipinski definition) is 4. The van der Waals surface area contributed by atoms with E-state index in [0.717, 1.165) is 5.57 Å². The normalized spacial score (nSPS) is 11.6. The maximum atomic E-state index is 12.4. The highest BCUT2D eigenvalue weighted by molar-refractivity contribution is 5.97. The van der Waals surface area contributed by atoms with E-state index in [-0.39, 0.29) is 0 Å². The molecule has 1 heterocycles. The Kier molecular flexibility index (Phi) is 5.59. The van der Waals surface area contributed by atoms with Crippen molar-refractivity contribution in [2.45, 2.75) is 26.8 Å². The maximum Gasteiger partial charge on any atom is 0.331 e. The summed E-state index contributed by atoms with van der Waals surface area (Å²) < 4.78 is 5.47. The van der Waals surface area contributed by atoms with E-state index in [9.17, 15) is 14.7 Å². The third-order valence-corrected chi connectivity index (χ3v) is 3.60. The van der Waals surface area contributed by atoms with E-state index in [2.05, 4.69) is 22.1 Å². The van der Waals surface area contributed by atoms with Gasteiger partial charge < -0.3 is 15.2 Å². The number of carboxylic acids is 1. The summed E-state index contributed by atoms with van der Waals surface area (Å²) in [6.45, 7) is 9.40. The predicted molar refractivity (Wildman–Crippen MR) is 92.7 cm³/mol. The molecular weight excluding hydrogens is 322 g/mol. The van der Waals surface area contributed by atoms with Crippen LogP contribution in [0.4, 0.5) is 0 Å². The lowest BCUT2D eigenvalue weighted by atomic mass is 10.0. The van der Waals surface area contributed by atoms with Crippen molar-refractivity contribution < 1.29 is 19.4 Å². The van der Waals surface area contributed by atoms with E-state index in [0.29, 0.717) is 34.9 Å². The minimum Gasteiger partial charge on any atom is -0.489 e. The van der Waals surface area contributed by atoms with Gasteiger partial charge in [-0.1, -0.05) is 6.58 Å². The molecule has 7 heteroatoms. The van der Waals surface area contributed by atoms with Gasteiger partial charge in [-0.3, -0.25) is 9.89 Å². The molecule has 132 valence electrons. The first-order chi connectivity index (χ1) is 11.8. The zero-order valence-corrected chi connectivity index (χ0v) is 14.4. The molecule has 0 aliphatic carbocycles. The predicted octanol–water partition coefficient (Wildman–Crippen LogP) is 2.54. The number of aromatic amines is 1. The summed E-state index contributed by atoms with van der Waals surface area (Å²) in [6, 6.07) is 5.29. The van der Waals surface area contributed by atoms with Crippen LogP contribution < -0.4 is 10.1 Å². The summed E-state index contributed by atoms with van der Waals surface area (Å²) in [7, 11) is 0. The van der Waals surface area contributed by atoms with Crippen LogP contribution in [0.2, 0.25) is 0 Å². The Morgan fingerprint density at radius 3 is 2.44 bits per heavy atom. The van der Waals surface area contributed by atoms with E-state index in [1.54, 1.807) is 38.1 Å². The van der Waals surface area contributed by atoms with Crippen molar-refractivity contribution in [3.8, 4) is 5.75 Å². The molecule has 0 fully saturated rings. The molecule has 1 aromatic carbocycles. The molecule has 1 aromatic heterocycles. The van der Waals surface area contributed by atoms with Gasteiger partial charge in [0.15, 0.2) is 6.04 Å². The summed E-state index contributed by atoms with van der Waals surface area (Å²) in [5, 5.41) is 18.7. The second-order valence-electron chi connectivity index (χ2n) is 5.86. The van der Waals surface area contributed by atoms with Gasteiger partial charge in [-0.05, 0) is 50.6 Å². The monoisotopic (exact) mass is 343 g/mol. The molecule has 0 saturated carbocycles. The lowest BCUT2D eigenvalue weighted by Gasteiger charge is -2.15. The zero-order chi connectivity index (χ0) is 18.6. The number of carbonyl (C=O) groups is 2. The third kappa shape index (κ3) is 4.47. The number of H-pyrrole nitrogens is 1. The van der Waals surface area contributed by atoms with Gasteiger partial charge in [0.05, 0.1) is 5.69 Å². The van der Waals surface area contributed by atoms with Gasteiger partial charge in [-0.2, -0.15) is 5.10 Å². The van der Waals surface area contributed by atoms with Crippen molar-refractivity contribution in [2.75, 3.05) is 6.61 Å². The van der Waals surface area contributed by atoms with Crippen molar-refractivity contribution in [1.82, 2.24) is 15.5 Å². The molecule has 3 N–H and O–H groups in total. The summed E-state index contributed by atoms with van der Waals surface area (Å²) in [5.74, 6) is -1.03.